The van der Waals surface area contributed by atoms with Crippen LogP contribution >= 0.6 is 11.3 Å². The second-order valence-corrected chi connectivity index (χ2v) is 9.95. The first kappa shape index (κ1) is 24.9. The summed E-state index contributed by atoms with van der Waals surface area (Å²) in [5, 5.41) is 6.65. The molecule has 1 aliphatic rings. The standard InChI is InChI=1S/C28H33N3O3S/c1-2-3-4-7-17-34-22-14-12-21(13-15-22)26(32)31-28-25(23-10-5-6-11-24(23)35-28)27(33)30-19-20-9-8-16-29-18-20/h8-9,12-16,18H,2-7,10-11,17,19H2,1H3,(H,30,33)(H,31,32). The van der Waals surface area contributed by atoms with Gasteiger partial charge in [0, 0.05) is 29.4 Å². The van der Waals surface area contributed by atoms with Crippen molar-refractivity contribution in [1.82, 2.24) is 10.3 Å². The molecule has 1 aliphatic carbocycles. The largest absolute Gasteiger partial charge is 0.494 e. The fraction of sp³-hybridized carbons (Fsp3) is 0.393. The molecule has 0 radical (unpaired) electrons. The monoisotopic (exact) mass is 491 g/mol. The van der Waals surface area contributed by atoms with Gasteiger partial charge in [0.2, 0.25) is 0 Å². The van der Waals surface area contributed by atoms with Crippen molar-refractivity contribution in [2.24, 2.45) is 0 Å². The first-order chi connectivity index (χ1) is 17.2. The Bertz CT molecular complexity index is 1130. The minimum absolute atomic E-state index is 0.157. The number of aryl methyl sites for hydroxylation is 1. The van der Waals surface area contributed by atoms with E-state index in [2.05, 4.69) is 22.5 Å². The van der Waals surface area contributed by atoms with Crippen molar-refractivity contribution in [3.05, 3.63) is 75.9 Å². The van der Waals surface area contributed by atoms with Gasteiger partial charge in [0.05, 0.1) is 12.2 Å². The van der Waals surface area contributed by atoms with Crippen molar-refractivity contribution in [3.63, 3.8) is 0 Å². The predicted molar refractivity (Wildman–Crippen MR) is 140 cm³/mol. The quantitative estimate of drug-likeness (QED) is 0.315. The average Bonchev–Trinajstić information content (AvgIpc) is 3.26. The Morgan fingerprint density at radius 2 is 1.86 bits per heavy atom. The van der Waals surface area contributed by atoms with E-state index in [0.29, 0.717) is 29.3 Å². The lowest BCUT2D eigenvalue weighted by atomic mass is 9.95. The molecule has 1 aromatic carbocycles. The van der Waals surface area contributed by atoms with Crippen LogP contribution in [0, 0.1) is 0 Å². The number of amides is 2. The van der Waals surface area contributed by atoms with Gasteiger partial charge in [-0.3, -0.25) is 14.6 Å². The van der Waals surface area contributed by atoms with Gasteiger partial charge in [-0.15, -0.1) is 11.3 Å². The topological polar surface area (TPSA) is 80.3 Å². The molecule has 3 aromatic rings. The van der Waals surface area contributed by atoms with Crippen LogP contribution in [0.1, 0.15) is 82.2 Å². The minimum Gasteiger partial charge on any atom is -0.494 e. The highest BCUT2D eigenvalue weighted by Crippen LogP contribution is 2.38. The van der Waals surface area contributed by atoms with Gasteiger partial charge in [-0.05, 0) is 73.6 Å². The van der Waals surface area contributed by atoms with Crippen molar-refractivity contribution in [2.45, 2.75) is 64.8 Å². The van der Waals surface area contributed by atoms with Gasteiger partial charge >= 0.3 is 0 Å². The fourth-order valence-corrected chi connectivity index (χ4v) is 5.55. The van der Waals surface area contributed by atoms with Gasteiger partial charge in [-0.1, -0.05) is 32.3 Å². The Kier molecular flexibility index (Phi) is 8.90. The highest BCUT2D eigenvalue weighted by Gasteiger charge is 2.26. The maximum Gasteiger partial charge on any atom is 0.256 e. The Morgan fingerprint density at radius 3 is 2.63 bits per heavy atom. The second kappa shape index (κ2) is 12.5. The smallest absolute Gasteiger partial charge is 0.256 e. The molecule has 6 nitrogen and oxygen atoms in total. The van der Waals surface area contributed by atoms with Crippen molar-refractivity contribution < 1.29 is 14.3 Å². The molecule has 2 heterocycles. The van der Waals surface area contributed by atoms with Gasteiger partial charge in [-0.25, -0.2) is 0 Å². The summed E-state index contributed by atoms with van der Waals surface area (Å²) in [6, 6.07) is 11.0. The molecule has 2 amide bonds. The van der Waals surface area contributed by atoms with Crippen LogP contribution in [0.15, 0.2) is 48.8 Å². The Morgan fingerprint density at radius 1 is 1.03 bits per heavy atom. The molecule has 0 aliphatic heterocycles. The molecule has 184 valence electrons. The lowest BCUT2D eigenvalue weighted by Gasteiger charge is -2.13. The van der Waals surface area contributed by atoms with Gasteiger partial charge in [0.1, 0.15) is 10.8 Å². The average molecular weight is 492 g/mol. The van der Waals surface area contributed by atoms with Gasteiger partial charge in [-0.2, -0.15) is 0 Å². The number of unbranched alkanes of at least 4 members (excludes halogenated alkanes) is 3. The predicted octanol–water partition coefficient (Wildman–Crippen LogP) is 6.16. The number of nitrogens with zero attached hydrogens (tertiary/aromatic N) is 1. The van der Waals surface area contributed by atoms with E-state index in [0.717, 1.165) is 49.0 Å². The van der Waals surface area contributed by atoms with Crippen LogP contribution in [0.3, 0.4) is 0 Å². The van der Waals surface area contributed by atoms with Crippen LogP contribution in [-0.2, 0) is 19.4 Å². The highest BCUT2D eigenvalue weighted by molar-refractivity contribution is 7.17. The van der Waals surface area contributed by atoms with Crippen molar-refractivity contribution >= 4 is 28.2 Å². The Balaban J connectivity index is 1.43. The molecule has 0 atom stereocenters. The Hall–Kier alpha value is -3.19. The molecule has 0 bridgehead atoms. The number of nitrogens with one attached hydrogen (secondary N) is 2. The van der Waals surface area contributed by atoms with Gasteiger partial charge < -0.3 is 15.4 Å². The molecule has 35 heavy (non-hydrogen) atoms. The zero-order valence-corrected chi connectivity index (χ0v) is 21.1. The van der Waals surface area contributed by atoms with Gasteiger partial charge in [0.15, 0.2) is 0 Å². The fourth-order valence-electron chi connectivity index (χ4n) is 4.26. The number of thiophene rings is 1. The van der Waals surface area contributed by atoms with Crippen molar-refractivity contribution in [3.8, 4) is 5.75 Å². The third-order valence-electron chi connectivity index (χ3n) is 6.18. The van der Waals surface area contributed by atoms with Crippen LogP contribution in [0.4, 0.5) is 5.00 Å². The first-order valence-corrected chi connectivity index (χ1v) is 13.3. The summed E-state index contributed by atoms with van der Waals surface area (Å²) in [7, 11) is 0. The zero-order valence-electron chi connectivity index (χ0n) is 20.3. The maximum atomic E-state index is 13.2. The molecular weight excluding hydrogens is 458 g/mol. The number of ether oxygens (including phenoxy) is 1. The molecule has 2 aromatic heterocycles. The van der Waals surface area contributed by atoms with Crippen molar-refractivity contribution in [2.75, 3.05) is 11.9 Å². The van der Waals surface area contributed by atoms with Crippen LogP contribution in [0.5, 0.6) is 5.75 Å². The minimum atomic E-state index is -0.223. The summed E-state index contributed by atoms with van der Waals surface area (Å²) in [5.41, 5.74) is 3.15. The molecule has 0 spiro atoms. The second-order valence-electron chi connectivity index (χ2n) is 8.85. The summed E-state index contributed by atoms with van der Waals surface area (Å²) < 4.78 is 5.79. The lowest BCUT2D eigenvalue weighted by Crippen LogP contribution is -2.25. The van der Waals surface area contributed by atoms with E-state index in [1.54, 1.807) is 24.5 Å². The molecule has 4 rings (SSSR count). The number of carbonyl (C=O) groups is 2. The zero-order chi connectivity index (χ0) is 24.5. The van der Waals surface area contributed by atoms with Crippen LogP contribution in [0.25, 0.3) is 0 Å². The highest BCUT2D eigenvalue weighted by atomic mass is 32.1. The van der Waals surface area contributed by atoms with Gasteiger partial charge in [0.25, 0.3) is 11.8 Å². The van der Waals surface area contributed by atoms with E-state index < -0.39 is 0 Å². The summed E-state index contributed by atoms with van der Waals surface area (Å²) in [6.45, 7) is 3.27. The Labute approximate surface area is 211 Å². The lowest BCUT2D eigenvalue weighted by molar-refractivity contribution is 0.0951. The SMILES string of the molecule is CCCCCCOc1ccc(C(=O)Nc2sc3c(c2C(=O)NCc2cccnc2)CCCC3)cc1. The van der Waals surface area contributed by atoms with Crippen molar-refractivity contribution in [1.29, 1.82) is 0 Å². The van der Waals surface area contributed by atoms with E-state index in [9.17, 15) is 9.59 Å². The summed E-state index contributed by atoms with van der Waals surface area (Å²) in [5.74, 6) is 0.384. The third-order valence-corrected chi connectivity index (χ3v) is 7.39. The molecule has 7 heteroatoms. The number of fused-ring (bicyclic) bond motifs is 1. The third kappa shape index (κ3) is 6.69. The summed E-state index contributed by atoms with van der Waals surface area (Å²) >= 11 is 1.53. The molecule has 0 saturated carbocycles. The molecule has 2 N–H and O–H groups in total. The number of aromatic nitrogens is 1. The number of rotatable bonds is 11. The first-order valence-electron chi connectivity index (χ1n) is 12.5. The van der Waals surface area contributed by atoms with Crippen LogP contribution in [0.2, 0.25) is 0 Å². The summed E-state index contributed by atoms with van der Waals surface area (Å²) in [6.07, 6.45) is 12.0. The number of benzene rings is 1. The molecule has 0 fully saturated rings. The molecule has 0 unspecified atom stereocenters. The van der Waals surface area contributed by atoms with E-state index in [1.807, 2.05) is 24.3 Å². The number of hydrogen-bond donors (Lipinski definition) is 2. The normalized spacial score (nSPS) is 12.6. The van der Waals surface area contributed by atoms with E-state index in [4.69, 9.17) is 4.74 Å². The maximum absolute atomic E-state index is 13.2. The number of anilines is 1. The summed E-state index contributed by atoms with van der Waals surface area (Å²) in [4.78, 5) is 31.6. The molecular formula is C28H33N3O3S. The molecule has 0 saturated heterocycles. The van der Waals surface area contributed by atoms with Crippen LogP contribution in [-0.4, -0.2) is 23.4 Å². The van der Waals surface area contributed by atoms with E-state index >= 15 is 0 Å². The van der Waals surface area contributed by atoms with E-state index in [-0.39, 0.29) is 11.8 Å². The number of pyridine rings is 1. The van der Waals surface area contributed by atoms with Crippen LogP contribution < -0.4 is 15.4 Å². The van der Waals surface area contributed by atoms with E-state index in [1.165, 1.54) is 35.5 Å². The number of hydrogen-bond acceptors (Lipinski definition) is 5. The number of carbonyl (C=O) groups excluding carboxylic acids is 2.